The number of nitrogens with one attached hydrogen (secondary N) is 4. The molecule has 0 radical (unpaired) electrons. The van der Waals surface area contributed by atoms with E-state index in [-0.39, 0.29) is 11.9 Å². The van der Waals surface area contributed by atoms with Gasteiger partial charge in [0.2, 0.25) is 5.91 Å². The second-order valence-electron chi connectivity index (χ2n) is 7.43. The normalized spacial score (nSPS) is 19.4. The largest absolute Gasteiger partial charge is 0.353 e. The Morgan fingerprint density at radius 2 is 1.74 bits per heavy atom. The van der Waals surface area contributed by atoms with E-state index in [9.17, 15) is 9.59 Å². The molecule has 1 saturated heterocycles. The van der Waals surface area contributed by atoms with Gasteiger partial charge in [0, 0.05) is 45.8 Å². The van der Waals surface area contributed by atoms with E-state index in [1.807, 2.05) is 30.3 Å². The molecule has 0 atom stereocenters. The van der Waals surface area contributed by atoms with Crippen molar-refractivity contribution in [3.8, 4) is 0 Å². The second-order valence-corrected chi connectivity index (χ2v) is 7.43. The lowest BCUT2D eigenvalue weighted by Gasteiger charge is -2.31. The van der Waals surface area contributed by atoms with Gasteiger partial charge < -0.3 is 21.3 Å². The summed E-state index contributed by atoms with van der Waals surface area (Å²) in [4.78, 5) is 27.6. The molecule has 3 rings (SSSR count). The summed E-state index contributed by atoms with van der Waals surface area (Å²) in [7, 11) is 0. The number of urea groups is 1. The first-order valence-electron chi connectivity index (χ1n) is 9.99. The van der Waals surface area contributed by atoms with Gasteiger partial charge in [0.1, 0.15) is 5.54 Å². The SMILES string of the molecule is O=C(NCc1ccccc1)NC1(C(=O)NCCN2CCNCC2)CCCC1. The van der Waals surface area contributed by atoms with Crippen molar-refractivity contribution >= 4 is 11.9 Å². The number of carbonyl (C=O) groups excluding carboxylic acids is 2. The molecular weight excluding hydrogens is 342 g/mol. The summed E-state index contributed by atoms with van der Waals surface area (Å²) in [5, 5.41) is 12.2. The van der Waals surface area contributed by atoms with E-state index in [1.54, 1.807) is 0 Å². The summed E-state index contributed by atoms with van der Waals surface area (Å²) in [5.74, 6) is -0.0509. The molecule has 1 heterocycles. The highest BCUT2D eigenvalue weighted by Gasteiger charge is 2.42. The van der Waals surface area contributed by atoms with Crippen molar-refractivity contribution in [2.45, 2.75) is 37.8 Å². The molecule has 1 saturated carbocycles. The van der Waals surface area contributed by atoms with Gasteiger partial charge in [-0.05, 0) is 18.4 Å². The zero-order valence-electron chi connectivity index (χ0n) is 15.9. The van der Waals surface area contributed by atoms with Gasteiger partial charge in [0.25, 0.3) is 0 Å². The predicted molar refractivity (Wildman–Crippen MR) is 105 cm³/mol. The summed E-state index contributed by atoms with van der Waals surface area (Å²) in [6.45, 7) is 5.95. The van der Waals surface area contributed by atoms with E-state index >= 15 is 0 Å². The molecule has 0 bridgehead atoms. The standard InChI is InChI=1S/C20H31N5O2/c26-18(22-12-15-25-13-10-21-11-14-25)20(8-4-5-9-20)24-19(27)23-16-17-6-2-1-3-7-17/h1-3,6-7,21H,4-5,8-16H2,(H,22,26)(H2,23,24,27). The minimum atomic E-state index is -0.774. The molecule has 1 aliphatic heterocycles. The van der Waals surface area contributed by atoms with Gasteiger partial charge in [-0.3, -0.25) is 9.69 Å². The van der Waals surface area contributed by atoms with Crippen LogP contribution in [0.4, 0.5) is 4.79 Å². The molecule has 27 heavy (non-hydrogen) atoms. The molecule has 7 heteroatoms. The maximum atomic E-state index is 12.8. The predicted octanol–water partition coefficient (Wildman–Crippen LogP) is 0.820. The van der Waals surface area contributed by atoms with Crippen LogP contribution in [0.15, 0.2) is 30.3 Å². The van der Waals surface area contributed by atoms with Crippen molar-refractivity contribution in [1.82, 2.24) is 26.2 Å². The van der Waals surface area contributed by atoms with E-state index in [2.05, 4.69) is 26.2 Å². The summed E-state index contributed by atoms with van der Waals surface area (Å²) in [5.41, 5.74) is 0.262. The molecule has 1 aliphatic carbocycles. The van der Waals surface area contributed by atoms with Crippen molar-refractivity contribution in [1.29, 1.82) is 0 Å². The Morgan fingerprint density at radius 3 is 2.44 bits per heavy atom. The van der Waals surface area contributed by atoms with Crippen LogP contribution in [0.5, 0.6) is 0 Å². The number of carbonyl (C=O) groups is 2. The van der Waals surface area contributed by atoms with Crippen LogP contribution in [-0.4, -0.2) is 61.6 Å². The van der Waals surface area contributed by atoms with Crippen LogP contribution in [0.25, 0.3) is 0 Å². The summed E-state index contributed by atoms with van der Waals surface area (Å²) in [6.07, 6.45) is 3.32. The van der Waals surface area contributed by atoms with E-state index in [4.69, 9.17) is 0 Å². The van der Waals surface area contributed by atoms with Crippen LogP contribution in [0.3, 0.4) is 0 Å². The molecule has 1 aromatic rings. The minimum absolute atomic E-state index is 0.0509. The number of piperazine rings is 1. The minimum Gasteiger partial charge on any atom is -0.353 e. The van der Waals surface area contributed by atoms with Crippen molar-refractivity contribution in [2.75, 3.05) is 39.3 Å². The van der Waals surface area contributed by atoms with Crippen molar-refractivity contribution in [2.24, 2.45) is 0 Å². The van der Waals surface area contributed by atoms with E-state index in [0.29, 0.717) is 25.9 Å². The number of rotatable bonds is 7. The average molecular weight is 374 g/mol. The lowest BCUT2D eigenvalue weighted by Crippen LogP contribution is -2.59. The zero-order chi connectivity index (χ0) is 19.0. The van der Waals surface area contributed by atoms with Gasteiger partial charge in [-0.2, -0.15) is 0 Å². The lowest BCUT2D eigenvalue weighted by atomic mass is 9.96. The van der Waals surface area contributed by atoms with Crippen molar-refractivity contribution < 1.29 is 9.59 Å². The third kappa shape index (κ3) is 5.68. The molecule has 0 aromatic heterocycles. The molecule has 0 spiro atoms. The Morgan fingerprint density at radius 1 is 1.04 bits per heavy atom. The van der Waals surface area contributed by atoms with Crippen LogP contribution >= 0.6 is 0 Å². The summed E-state index contributed by atoms with van der Waals surface area (Å²) >= 11 is 0. The molecule has 2 fully saturated rings. The van der Waals surface area contributed by atoms with Gasteiger partial charge in [-0.15, -0.1) is 0 Å². The molecule has 2 aliphatic rings. The van der Waals surface area contributed by atoms with E-state index in [1.165, 1.54) is 0 Å². The fraction of sp³-hybridized carbons (Fsp3) is 0.600. The van der Waals surface area contributed by atoms with E-state index < -0.39 is 5.54 Å². The molecule has 0 unspecified atom stereocenters. The molecule has 1 aromatic carbocycles. The van der Waals surface area contributed by atoms with Crippen LogP contribution in [0.1, 0.15) is 31.2 Å². The van der Waals surface area contributed by atoms with Crippen LogP contribution in [0.2, 0.25) is 0 Å². The third-order valence-corrected chi connectivity index (χ3v) is 5.46. The van der Waals surface area contributed by atoms with E-state index in [0.717, 1.165) is 51.1 Å². The average Bonchev–Trinajstić information content (AvgIpc) is 3.18. The van der Waals surface area contributed by atoms with Gasteiger partial charge in [0.15, 0.2) is 0 Å². The number of hydrogen-bond acceptors (Lipinski definition) is 4. The zero-order valence-corrected chi connectivity index (χ0v) is 15.9. The topological polar surface area (TPSA) is 85.5 Å². The van der Waals surface area contributed by atoms with Crippen LogP contribution < -0.4 is 21.3 Å². The first-order chi connectivity index (χ1) is 13.2. The molecular formula is C20H31N5O2. The lowest BCUT2D eigenvalue weighted by molar-refractivity contribution is -0.127. The first-order valence-corrected chi connectivity index (χ1v) is 9.99. The highest BCUT2D eigenvalue weighted by molar-refractivity contribution is 5.91. The van der Waals surface area contributed by atoms with Crippen molar-refractivity contribution in [3.63, 3.8) is 0 Å². The fourth-order valence-electron chi connectivity index (χ4n) is 3.86. The Balaban J connectivity index is 1.46. The van der Waals surface area contributed by atoms with Gasteiger partial charge in [-0.1, -0.05) is 43.2 Å². The van der Waals surface area contributed by atoms with Gasteiger partial charge in [0.05, 0.1) is 0 Å². The maximum Gasteiger partial charge on any atom is 0.315 e. The number of benzene rings is 1. The number of hydrogen-bond donors (Lipinski definition) is 4. The Hall–Kier alpha value is -2.12. The highest BCUT2D eigenvalue weighted by Crippen LogP contribution is 2.29. The van der Waals surface area contributed by atoms with Crippen molar-refractivity contribution in [3.05, 3.63) is 35.9 Å². The third-order valence-electron chi connectivity index (χ3n) is 5.46. The Bertz CT molecular complexity index is 610. The monoisotopic (exact) mass is 373 g/mol. The summed E-state index contributed by atoms with van der Waals surface area (Å²) < 4.78 is 0. The summed E-state index contributed by atoms with van der Waals surface area (Å²) in [6, 6.07) is 9.49. The number of amides is 3. The first kappa shape index (κ1) is 19.6. The number of nitrogens with zero attached hydrogens (tertiary/aromatic N) is 1. The second kappa shape index (κ2) is 9.71. The van der Waals surface area contributed by atoms with Crippen LogP contribution in [-0.2, 0) is 11.3 Å². The molecule has 4 N–H and O–H groups in total. The molecule has 148 valence electrons. The maximum absolute atomic E-state index is 12.8. The van der Waals surface area contributed by atoms with Crippen LogP contribution in [0, 0.1) is 0 Å². The molecule has 3 amide bonds. The van der Waals surface area contributed by atoms with Gasteiger partial charge in [-0.25, -0.2) is 4.79 Å². The Kier molecular flexibility index (Phi) is 7.06. The fourth-order valence-corrected chi connectivity index (χ4v) is 3.86. The van der Waals surface area contributed by atoms with Gasteiger partial charge >= 0.3 is 6.03 Å². The molecule has 7 nitrogen and oxygen atoms in total. The quantitative estimate of drug-likeness (QED) is 0.570. The highest BCUT2D eigenvalue weighted by atomic mass is 16.2. The Labute approximate surface area is 161 Å². The smallest absolute Gasteiger partial charge is 0.315 e.